The molecule has 6 nitrogen and oxygen atoms in total. The zero-order chi connectivity index (χ0) is 27.7. The normalized spacial score (nSPS) is 26.2. The van der Waals surface area contributed by atoms with Crippen molar-refractivity contribution in [3.05, 3.63) is 94.9 Å². The van der Waals surface area contributed by atoms with Crippen LogP contribution in [0.2, 0.25) is 0 Å². The number of pyridine rings is 1. The summed E-state index contributed by atoms with van der Waals surface area (Å²) in [6, 6.07) is 22.7. The number of alkyl halides is 1. The first-order chi connectivity index (χ1) is 19.4. The highest BCUT2D eigenvalue weighted by atomic mass is 19.1. The molecular formula is C33H39FN4O2. The Morgan fingerprint density at radius 3 is 2.38 bits per heavy atom. The molecule has 0 radical (unpaired) electrons. The van der Waals surface area contributed by atoms with E-state index in [-0.39, 0.29) is 29.6 Å². The van der Waals surface area contributed by atoms with Gasteiger partial charge in [-0.25, -0.2) is 9.18 Å². The molecule has 210 valence electrons. The number of piperidine rings is 2. The maximum atomic E-state index is 14.8. The van der Waals surface area contributed by atoms with Gasteiger partial charge in [-0.15, -0.1) is 0 Å². The number of nitrogens with two attached hydrogens (primary N) is 1. The fourth-order valence-electron chi connectivity index (χ4n) is 7.37. The van der Waals surface area contributed by atoms with Crippen LogP contribution in [0.3, 0.4) is 0 Å². The number of carbonyl (C=O) groups excluding carboxylic acids is 1. The standard InChI is InChI=1S/C33H39FN4O2/c34-28-22-38(30(20-29(28)35)25-11-5-2-6-12-25)32(40)37-18-14-27(33(23-37)15-7-8-16-33)21-36-17-13-26(19-31(36)39)24-9-3-1-4-10-24/h1-6,9-13,17,19,27-30H,7-8,14-16,18,20-23,35H2/t27?,28-,29+,30+/m1/s1. The molecule has 3 heterocycles. The molecule has 1 saturated carbocycles. The van der Waals surface area contributed by atoms with Crippen LogP contribution in [0, 0.1) is 11.3 Å². The third-order valence-electron chi connectivity index (χ3n) is 9.65. The van der Waals surface area contributed by atoms with E-state index < -0.39 is 12.2 Å². The zero-order valence-electron chi connectivity index (χ0n) is 23.0. The number of benzene rings is 2. The third kappa shape index (κ3) is 5.19. The van der Waals surface area contributed by atoms with Crippen LogP contribution in [0.5, 0.6) is 0 Å². The van der Waals surface area contributed by atoms with Gasteiger partial charge in [-0.1, -0.05) is 73.5 Å². The fraction of sp³-hybridized carbons (Fsp3) is 0.455. The summed E-state index contributed by atoms with van der Waals surface area (Å²) < 4.78 is 16.7. The van der Waals surface area contributed by atoms with E-state index in [0.717, 1.165) is 48.8 Å². The molecule has 1 aliphatic carbocycles. The van der Waals surface area contributed by atoms with E-state index >= 15 is 0 Å². The van der Waals surface area contributed by atoms with Crippen molar-refractivity contribution in [3.8, 4) is 11.1 Å². The summed E-state index contributed by atoms with van der Waals surface area (Å²) in [5.74, 6) is 0.313. The molecule has 1 spiro atoms. The van der Waals surface area contributed by atoms with Crippen molar-refractivity contribution in [2.24, 2.45) is 17.1 Å². The Kier molecular flexibility index (Phi) is 7.49. The van der Waals surface area contributed by atoms with Gasteiger partial charge in [-0.3, -0.25) is 4.79 Å². The Labute approximate surface area is 235 Å². The lowest BCUT2D eigenvalue weighted by molar-refractivity contribution is 0.0137. The third-order valence-corrected chi connectivity index (χ3v) is 9.65. The maximum Gasteiger partial charge on any atom is 0.320 e. The molecule has 7 heteroatoms. The first-order valence-electron chi connectivity index (χ1n) is 14.7. The summed E-state index contributed by atoms with van der Waals surface area (Å²) in [5.41, 5.74) is 9.09. The molecular weight excluding hydrogens is 503 g/mol. The quantitative estimate of drug-likeness (QED) is 0.465. The van der Waals surface area contributed by atoms with Crippen LogP contribution in [0.15, 0.2) is 83.8 Å². The number of carbonyl (C=O) groups is 1. The monoisotopic (exact) mass is 542 g/mol. The van der Waals surface area contributed by atoms with Gasteiger partial charge < -0.3 is 20.1 Å². The lowest BCUT2D eigenvalue weighted by atomic mass is 9.69. The summed E-state index contributed by atoms with van der Waals surface area (Å²) in [5, 5.41) is 0. The highest BCUT2D eigenvalue weighted by molar-refractivity contribution is 5.75. The molecule has 2 aromatic carbocycles. The van der Waals surface area contributed by atoms with Gasteiger partial charge in [-0.05, 0) is 59.8 Å². The van der Waals surface area contributed by atoms with Gasteiger partial charge >= 0.3 is 6.03 Å². The van der Waals surface area contributed by atoms with Crippen molar-refractivity contribution in [3.63, 3.8) is 0 Å². The Hall–Kier alpha value is -3.45. The molecule has 3 aromatic rings. The van der Waals surface area contributed by atoms with Crippen molar-refractivity contribution in [1.82, 2.24) is 14.4 Å². The number of aromatic nitrogens is 1. The molecule has 1 unspecified atom stereocenters. The predicted octanol–water partition coefficient (Wildman–Crippen LogP) is 5.63. The number of amides is 2. The minimum Gasteiger partial charge on any atom is -0.325 e. The lowest BCUT2D eigenvalue weighted by Gasteiger charge is -2.49. The largest absolute Gasteiger partial charge is 0.325 e. The van der Waals surface area contributed by atoms with Gasteiger partial charge in [-0.2, -0.15) is 0 Å². The van der Waals surface area contributed by atoms with Gasteiger partial charge in [0, 0.05) is 37.9 Å². The predicted molar refractivity (Wildman–Crippen MR) is 155 cm³/mol. The van der Waals surface area contributed by atoms with Gasteiger partial charge in [0.05, 0.1) is 12.6 Å². The van der Waals surface area contributed by atoms with E-state index in [2.05, 4.69) is 0 Å². The van der Waals surface area contributed by atoms with E-state index in [1.54, 1.807) is 11.0 Å². The van der Waals surface area contributed by atoms with Gasteiger partial charge in [0.15, 0.2) is 0 Å². The zero-order valence-corrected chi connectivity index (χ0v) is 23.0. The van der Waals surface area contributed by atoms with Crippen molar-refractivity contribution in [2.45, 2.75) is 63.3 Å². The SMILES string of the molecule is N[C@H]1C[C@@H](c2ccccc2)N(C(=O)N2CCC(Cn3ccc(-c4ccccc4)cc3=O)C3(CCCC3)C2)C[C@H]1F. The number of halogens is 1. The summed E-state index contributed by atoms with van der Waals surface area (Å²) in [6.45, 7) is 1.96. The topological polar surface area (TPSA) is 71.6 Å². The molecule has 1 aromatic heterocycles. The van der Waals surface area contributed by atoms with Crippen LogP contribution < -0.4 is 11.3 Å². The van der Waals surface area contributed by atoms with Crippen LogP contribution in [0.4, 0.5) is 9.18 Å². The molecule has 3 fully saturated rings. The summed E-state index contributed by atoms with van der Waals surface area (Å²) in [7, 11) is 0. The van der Waals surface area contributed by atoms with E-state index in [1.165, 1.54) is 0 Å². The Morgan fingerprint density at radius 1 is 0.975 bits per heavy atom. The molecule has 40 heavy (non-hydrogen) atoms. The summed E-state index contributed by atoms with van der Waals surface area (Å²) in [4.78, 5) is 30.8. The number of nitrogens with zero attached hydrogens (tertiary/aromatic N) is 3. The molecule has 3 aliphatic rings. The molecule has 2 saturated heterocycles. The highest BCUT2D eigenvalue weighted by Gasteiger charge is 2.48. The maximum absolute atomic E-state index is 14.8. The van der Waals surface area contributed by atoms with Crippen LogP contribution in [-0.4, -0.2) is 52.2 Å². The minimum atomic E-state index is -1.23. The summed E-state index contributed by atoms with van der Waals surface area (Å²) in [6.07, 6.45) is 6.33. The van der Waals surface area contributed by atoms with Gasteiger partial charge in [0.25, 0.3) is 5.56 Å². The molecule has 2 amide bonds. The Bertz CT molecular complexity index is 1370. The molecule has 2 N–H and O–H groups in total. The van der Waals surface area contributed by atoms with E-state index in [1.807, 2.05) is 82.4 Å². The van der Waals surface area contributed by atoms with Gasteiger partial charge in [0.2, 0.25) is 0 Å². The smallest absolute Gasteiger partial charge is 0.320 e. The Morgan fingerprint density at radius 2 is 1.68 bits per heavy atom. The van der Waals surface area contributed by atoms with Crippen molar-refractivity contribution in [1.29, 1.82) is 0 Å². The summed E-state index contributed by atoms with van der Waals surface area (Å²) >= 11 is 0. The second-order valence-electron chi connectivity index (χ2n) is 12.0. The lowest BCUT2D eigenvalue weighted by Crippen LogP contribution is -2.59. The van der Waals surface area contributed by atoms with Crippen LogP contribution in [-0.2, 0) is 6.54 Å². The number of rotatable bonds is 4. The Balaban J connectivity index is 1.21. The number of urea groups is 1. The van der Waals surface area contributed by atoms with Crippen LogP contribution in [0.1, 0.15) is 50.1 Å². The molecule has 4 atom stereocenters. The number of hydrogen-bond donors (Lipinski definition) is 1. The van der Waals surface area contributed by atoms with Crippen molar-refractivity contribution >= 4 is 6.03 Å². The number of hydrogen-bond acceptors (Lipinski definition) is 3. The van der Waals surface area contributed by atoms with Crippen molar-refractivity contribution < 1.29 is 9.18 Å². The molecule has 0 bridgehead atoms. The average molecular weight is 543 g/mol. The van der Waals surface area contributed by atoms with Gasteiger partial charge in [0.1, 0.15) is 6.17 Å². The molecule has 6 rings (SSSR count). The first-order valence-corrected chi connectivity index (χ1v) is 14.7. The second-order valence-corrected chi connectivity index (χ2v) is 12.0. The first kappa shape index (κ1) is 26.8. The highest BCUT2D eigenvalue weighted by Crippen LogP contribution is 2.49. The fourth-order valence-corrected chi connectivity index (χ4v) is 7.37. The number of likely N-dealkylation sites (tertiary alicyclic amines) is 2. The molecule has 2 aliphatic heterocycles. The van der Waals surface area contributed by atoms with Crippen molar-refractivity contribution in [2.75, 3.05) is 19.6 Å². The van der Waals surface area contributed by atoms with Crippen LogP contribution in [0.25, 0.3) is 11.1 Å². The van der Waals surface area contributed by atoms with E-state index in [0.29, 0.717) is 32.0 Å². The van der Waals surface area contributed by atoms with E-state index in [4.69, 9.17) is 5.73 Å². The van der Waals surface area contributed by atoms with Crippen LogP contribution >= 0.6 is 0 Å². The second kappa shape index (κ2) is 11.2. The minimum absolute atomic E-state index is 0.0114. The average Bonchev–Trinajstić information content (AvgIpc) is 3.45. The van der Waals surface area contributed by atoms with E-state index in [9.17, 15) is 14.0 Å².